The summed E-state index contributed by atoms with van der Waals surface area (Å²) >= 11 is 1.32. The molecule has 11 heteroatoms. The molecule has 3 aromatic carbocycles. The van der Waals surface area contributed by atoms with Gasteiger partial charge in [-0.2, -0.15) is 4.31 Å². The number of carbonyl (C=O) groups is 2. The third kappa shape index (κ3) is 5.40. The first-order valence-electron chi connectivity index (χ1n) is 12.1. The monoisotopic (exact) mass is 550 g/mol. The minimum Gasteiger partial charge on any atom is -0.450 e. The van der Waals surface area contributed by atoms with Crippen LogP contribution < -0.4 is 5.32 Å². The highest BCUT2D eigenvalue weighted by Crippen LogP contribution is 2.28. The third-order valence-electron chi connectivity index (χ3n) is 6.29. The van der Waals surface area contributed by atoms with Gasteiger partial charge in [0.25, 0.3) is 5.91 Å². The van der Waals surface area contributed by atoms with E-state index in [0.29, 0.717) is 10.7 Å². The molecule has 1 aliphatic heterocycles. The van der Waals surface area contributed by atoms with Crippen LogP contribution in [0.1, 0.15) is 17.3 Å². The molecule has 0 radical (unpaired) electrons. The lowest BCUT2D eigenvalue weighted by molar-refractivity contribution is 0.0933. The fourth-order valence-electron chi connectivity index (χ4n) is 4.23. The number of fused-ring (bicyclic) bond motifs is 1. The van der Waals surface area contributed by atoms with E-state index in [-0.39, 0.29) is 43.6 Å². The summed E-state index contributed by atoms with van der Waals surface area (Å²) in [5, 5.41) is 7.38. The van der Waals surface area contributed by atoms with Gasteiger partial charge < -0.3 is 9.64 Å². The van der Waals surface area contributed by atoms with Gasteiger partial charge in [-0.3, -0.25) is 10.1 Å². The first-order valence-corrected chi connectivity index (χ1v) is 14.4. The molecule has 196 valence electrons. The van der Waals surface area contributed by atoms with E-state index in [1.165, 1.54) is 44.8 Å². The maximum atomic E-state index is 13.1. The van der Waals surface area contributed by atoms with Crippen LogP contribution in [0.25, 0.3) is 22.0 Å². The Balaban J connectivity index is 1.22. The second-order valence-electron chi connectivity index (χ2n) is 8.67. The summed E-state index contributed by atoms with van der Waals surface area (Å²) in [6.07, 6.45) is -0.440. The van der Waals surface area contributed by atoms with Crippen molar-refractivity contribution in [1.82, 2.24) is 14.2 Å². The summed E-state index contributed by atoms with van der Waals surface area (Å²) in [5.41, 5.74) is 2.04. The van der Waals surface area contributed by atoms with Crippen LogP contribution in [0.5, 0.6) is 0 Å². The number of carbonyl (C=O) groups excluding carboxylic acids is 2. The second kappa shape index (κ2) is 10.9. The van der Waals surface area contributed by atoms with Gasteiger partial charge in [0, 0.05) is 42.7 Å². The highest BCUT2D eigenvalue weighted by Gasteiger charge is 2.30. The Morgan fingerprint density at radius 1 is 0.974 bits per heavy atom. The molecule has 9 nitrogen and oxygen atoms in total. The second-order valence-corrected chi connectivity index (χ2v) is 11.5. The number of nitrogens with one attached hydrogen (secondary N) is 1. The molecule has 0 unspecified atom stereocenters. The van der Waals surface area contributed by atoms with Crippen LogP contribution >= 0.6 is 11.3 Å². The van der Waals surface area contributed by atoms with Gasteiger partial charge >= 0.3 is 6.09 Å². The van der Waals surface area contributed by atoms with Crippen molar-refractivity contribution in [1.29, 1.82) is 0 Å². The lowest BCUT2D eigenvalue weighted by atomic mass is 10.1. The van der Waals surface area contributed by atoms with E-state index in [1.807, 2.05) is 35.7 Å². The van der Waals surface area contributed by atoms with Crippen LogP contribution in [0.2, 0.25) is 0 Å². The van der Waals surface area contributed by atoms with Crippen LogP contribution in [0.4, 0.5) is 9.93 Å². The number of thiazole rings is 1. The van der Waals surface area contributed by atoms with Crippen LogP contribution in [0.3, 0.4) is 0 Å². The molecule has 0 saturated carbocycles. The van der Waals surface area contributed by atoms with E-state index in [4.69, 9.17) is 4.74 Å². The van der Waals surface area contributed by atoms with Gasteiger partial charge in [0.1, 0.15) is 0 Å². The van der Waals surface area contributed by atoms with Crippen LogP contribution in [0, 0.1) is 0 Å². The zero-order chi connectivity index (χ0) is 26.7. The number of nitrogens with zero attached hydrogens (tertiary/aromatic N) is 3. The summed E-state index contributed by atoms with van der Waals surface area (Å²) in [6, 6.07) is 20.0. The molecule has 1 fully saturated rings. The summed E-state index contributed by atoms with van der Waals surface area (Å²) in [6.45, 7) is 2.86. The SMILES string of the molecule is CCOC(=O)N1CCN(S(=O)(=O)c2ccc(C(=O)Nc3nc(-c4ccc5ccccc5c4)cs3)cc2)CC1. The lowest BCUT2D eigenvalue weighted by Gasteiger charge is -2.33. The Bertz CT molecular complexity index is 1580. The van der Waals surface area contributed by atoms with Crippen molar-refractivity contribution in [3.8, 4) is 11.3 Å². The Labute approximate surface area is 224 Å². The highest BCUT2D eigenvalue weighted by molar-refractivity contribution is 7.89. The Morgan fingerprint density at radius 2 is 1.68 bits per heavy atom. The van der Waals surface area contributed by atoms with E-state index in [2.05, 4.69) is 22.4 Å². The molecule has 1 N–H and O–H groups in total. The summed E-state index contributed by atoms with van der Waals surface area (Å²) in [7, 11) is -3.76. The quantitative estimate of drug-likeness (QED) is 0.374. The third-order valence-corrected chi connectivity index (χ3v) is 8.96. The van der Waals surface area contributed by atoms with E-state index in [0.717, 1.165) is 22.0 Å². The van der Waals surface area contributed by atoms with Gasteiger partial charge in [0.2, 0.25) is 10.0 Å². The minimum atomic E-state index is -3.76. The van der Waals surface area contributed by atoms with Crippen LogP contribution in [-0.4, -0.2) is 67.4 Å². The van der Waals surface area contributed by atoms with E-state index < -0.39 is 16.1 Å². The van der Waals surface area contributed by atoms with Crippen molar-refractivity contribution >= 4 is 49.3 Å². The molecule has 0 atom stereocenters. The minimum absolute atomic E-state index is 0.0893. The molecule has 1 aliphatic rings. The predicted molar refractivity (Wildman–Crippen MR) is 147 cm³/mol. The number of sulfonamides is 1. The Kier molecular flexibility index (Phi) is 7.41. The number of piperazine rings is 1. The molecular weight excluding hydrogens is 524 g/mol. The number of hydrogen-bond acceptors (Lipinski definition) is 7. The number of hydrogen-bond donors (Lipinski definition) is 1. The maximum Gasteiger partial charge on any atom is 0.409 e. The number of benzene rings is 3. The van der Waals surface area contributed by atoms with E-state index in [9.17, 15) is 18.0 Å². The van der Waals surface area contributed by atoms with Gasteiger partial charge in [-0.1, -0.05) is 36.4 Å². The number of anilines is 1. The fraction of sp³-hybridized carbons (Fsp3) is 0.222. The fourth-order valence-corrected chi connectivity index (χ4v) is 6.37. The molecule has 4 aromatic rings. The molecule has 0 spiro atoms. The van der Waals surface area contributed by atoms with E-state index >= 15 is 0 Å². The van der Waals surface area contributed by atoms with Crippen molar-refractivity contribution in [2.45, 2.75) is 11.8 Å². The summed E-state index contributed by atoms with van der Waals surface area (Å²) in [4.78, 5) is 30.8. The number of ether oxygens (including phenoxy) is 1. The molecule has 0 bridgehead atoms. The average Bonchev–Trinajstić information content (AvgIpc) is 3.41. The molecule has 38 heavy (non-hydrogen) atoms. The van der Waals surface area contributed by atoms with Crippen molar-refractivity contribution < 1.29 is 22.7 Å². The number of amides is 2. The number of rotatable bonds is 6. The molecule has 2 amide bonds. The maximum absolute atomic E-state index is 13.1. The standard InChI is InChI=1S/C27H26N4O5S2/c1-2-36-27(33)30-13-15-31(16-14-30)38(34,35)23-11-9-20(10-12-23)25(32)29-26-28-24(18-37-26)22-8-7-19-5-3-4-6-21(19)17-22/h3-12,17-18H,2,13-16H2,1H3,(H,28,29,32). The molecular formula is C27H26N4O5S2. The zero-order valence-electron chi connectivity index (χ0n) is 20.7. The topological polar surface area (TPSA) is 109 Å². The predicted octanol–water partition coefficient (Wildman–Crippen LogP) is 4.68. The highest BCUT2D eigenvalue weighted by atomic mass is 32.2. The molecule has 2 heterocycles. The van der Waals surface area contributed by atoms with Crippen molar-refractivity contribution in [3.63, 3.8) is 0 Å². The van der Waals surface area contributed by atoms with Gasteiger partial charge in [-0.25, -0.2) is 18.2 Å². The summed E-state index contributed by atoms with van der Waals surface area (Å²) < 4.78 is 32.4. The van der Waals surface area contributed by atoms with Gasteiger partial charge in [-0.05, 0) is 48.0 Å². The van der Waals surface area contributed by atoms with Crippen LogP contribution in [-0.2, 0) is 14.8 Å². The zero-order valence-corrected chi connectivity index (χ0v) is 22.3. The Hall–Kier alpha value is -3.80. The first-order chi connectivity index (χ1) is 18.3. The van der Waals surface area contributed by atoms with Crippen molar-refractivity contribution in [3.05, 3.63) is 77.7 Å². The van der Waals surface area contributed by atoms with Crippen molar-refractivity contribution in [2.75, 3.05) is 38.1 Å². The molecule has 1 aromatic heterocycles. The number of aromatic nitrogens is 1. The Morgan fingerprint density at radius 3 is 2.39 bits per heavy atom. The molecule has 0 aliphatic carbocycles. The first kappa shape index (κ1) is 25.8. The smallest absolute Gasteiger partial charge is 0.409 e. The van der Waals surface area contributed by atoms with Gasteiger partial charge in [-0.15, -0.1) is 11.3 Å². The molecule has 1 saturated heterocycles. The molecule has 5 rings (SSSR count). The largest absolute Gasteiger partial charge is 0.450 e. The average molecular weight is 551 g/mol. The van der Waals surface area contributed by atoms with Gasteiger partial charge in [0.05, 0.1) is 17.2 Å². The lowest BCUT2D eigenvalue weighted by Crippen LogP contribution is -2.50. The van der Waals surface area contributed by atoms with Crippen LogP contribution in [0.15, 0.2) is 77.0 Å². The van der Waals surface area contributed by atoms with Gasteiger partial charge in [0.15, 0.2) is 5.13 Å². The van der Waals surface area contributed by atoms with E-state index in [1.54, 1.807) is 6.92 Å². The normalized spacial score (nSPS) is 14.4. The van der Waals surface area contributed by atoms with Crippen molar-refractivity contribution in [2.24, 2.45) is 0 Å². The summed E-state index contributed by atoms with van der Waals surface area (Å²) in [5.74, 6) is -0.378.